The molecule has 1 aromatic heterocycles. The summed E-state index contributed by atoms with van der Waals surface area (Å²) in [6.07, 6.45) is 0.727. The van der Waals surface area contributed by atoms with Crippen LogP contribution in [0.2, 0.25) is 0 Å². The molecule has 0 aliphatic rings. The highest BCUT2D eigenvalue weighted by molar-refractivity contribution is 7.11. The molecule has 0 spiro atoms. The lowest BCUT2D eigenvalue weighted by molar-refractivity contribution is -0.385. The Morgan fingerprint density at radius 2 is 1.79 bits per heavy atom. The van der Waals surface area contributed by atoms with Crippen molar-refractivity contribution in [1.82, 2.24) is 4.90 Å². The quantitative estimate of drug-likeness (QED) is 0.411. The number of thiophene rings is 1. The number of rotatable bonds is 7. The molecule has 3 rings (SSSR count). The zero-order valence-electron chi connectivity index (χ0n) is 15.9. The van der Waals surface area contributed by atoms with Gasteiger partial charge < -0.3 is 4.90 Å². The number of aryl methyl sites for hydroxylation is 1. The molecule has 1 heterocycles. The van der Waals surface area contributed by atoms with E-state index in [0.29, 0.717) is 24.2 Å². The standard InChI is InChI=1S/C22H22N2O3S/c1-16-11-12-19(28-16)15-23(14-13-18-7-4-3-5-8-18)22(25)20-9-6-10-21(17(20)2)24(26)27/h3-12H,13-15H2,1-2H3. The predicted molar refractivity (Wildman–Crippen MR) is 112 cm³/mol. The minimum Gasteiger partial charge on any atom is -0.333 e. The van der Waals surface area contributed by atoms with Gasteiger partial charge in [-0.1, -0.05) is 36.4 Å². The van der Waals surface area contributed by atoms with Crippen LogP contribution in [0.15, 0.2) is 60.7 Å². The van der Waals surface area contributed by atoms with Crippen LogP contribution >= 0.6 is 11.3 Å². The summed E-state index contributed by atoms with van der Waals surface area (Å²) in [4.78, 5) is 28.2. The minimum absolute atomic E-state index is 0.0270. The highest BCUT2D eigenvalue weighted by Crippen LogP contribution is 2.24. The first-order valence-corrected chi connectivity index (χ1v) is 9.90. The maximum Gasteiger partial charge on any atom is 0.273 e. The largest absolute Gasteiger partial charge is 0.333 e. The molecule has 0 radical (unpaired) electrons. The Morgan fingerprint density at radius 3 is 2.43 bits per heavy atom. The van der Waals surface area contributed by atoms with Gasteiger partial charge >= 0.3 is 0 Å². The molecule has 28 heavy (non-hydrogen) atoms. The van der Waals surface area contributed by atoms with Crippen molar-refractivity contribution in [3.63, 3.8) is 0 Å². The van der Waals surface area contributed by atoms with E-state index >= 15 is 0 Å². The van der Waals surface area contributed by atoms with Crippen LogP contribution in [-0.2, 0) is 13.0 Å². The zero-order chi connectivity index (χ0) is 20.1. The molecular weight excluding hydrogens is 372 g/mol. The number of benzene rings is 2. The van der Waals surface area contributed by atoms with E-state index in [-0.39, 0.29) is 11.6 Å². The topological polar surface area (TPSA) is 63.5 Å². The van der Waals surface area contributed by atoms with Gasteiger partial charge in [0.2, 0.25) is 0 Å². The van der Waals surface area contributed by atoms with Crippen molar-refractivity contribution in [3.05, 3.63) is 97.2 Å². The van der Waals surface area contributed by atoms with Gasteiger partial charge in [0.25, 0.3) is 11.6 Å². The molecule has 0 bridgehead atoms. The van der Waals surface area contributed by atoms with Crippen molar-refractivity contribution < 1.29 is 9.72 Å². The van der Waals surface area contributed by atoms with Gasteiger partial charge in [-0.2, -0.15) is 0 Å². The van der Waals surface area contributed by atoms with Crippen LogP contribution in [0.3, 0.4) is 0 Å². The van der Waals surface area contributed by atoms with Crippen LogP contribution in [0, 0.1) is 24.0 Å². The van der Waals surface area contributed by atoms with Gasteiger partial charge in [0.1, 0.15) is 0 Å². The fourth-order valence-corrected chi connectivity index (χ4v) is 4.05. The summed E-state index contributed by atoms with van der Waals surface area (Å²) in [5, 5.41) is 11.3. The highest BCUT2D eigenvalue weighted by Gasteiger charge is 2.23. The van der Waals surface area contributed by atoms with E-state index in [9.17, 15) is 14.9 Å². The molecule has 3 aromatic rings. The number of nitro groups is 1. The summed E-state index contributed by atoms with van der Waals surface area (Å²) in [6, 6.07) is 18.7. The summed E-state index contributed by atoms with van der Waals surface area (Å²) in [5.74, 6) is -0.178. The lowest BCUT2D eigenvalue weighted by Crippen LogP contribution is -2.32. The van der Waals surface area contributed by atoms with Gasteiger partial charge in [0.15, 0.2) is 0 Å². The molecule has 1 amide bonds. The van der Waals surface area contributed by atoms with E-state index in [1.54, 1.807) is 35.3 Å². The van der Waals surface area contributed by atoms with Crippen LogP contribution < -0.4 is 0 Å². The smallest absolute Gasteiger partial charge is 0.273 e. The first-order valence-electron chi connectivity index (χ1n) is 9.08. The van der Waals surface area contributed by atoms with Crippen LogP contribution in [0.1, 0.15) is 31.2 Å². The first kappa shape index (κ1) is 19.8. The van der Waals surface area contributed by atoms with E-state index in [4.69, 9.17) is 0 Å². The predicted octanol–water partition coefficient (Wildman–Crippen LogP) is 5.16. The molecule has 0 saturated carbocycles. The third-order valence-corrected chi connectivity index (χ3v) is 5.66. The third-order valence-electron chi connectivity index (χ3n) is 4.68. The van der Waals surface area contributed by atoms with E-state index < -0.39 is 4.92 Å². The maximum atomic E-state index is 13.3. The molecule has 5 nitrogen and oxygen atoms in total. The SMILES string of the molecule is Cc1ccc(CN(CCc2ccccc2)C(=O)c2cccc([N+](=O)[O-])c2C)s1. The number of hydrogen-bond acceptors (Lipinski definition) is 4. The molecule has 144 valence electrons. The monoisotopic (exact) mass is 394 g/mol. The second-order valence-electron chi connectivity index (χ2n) is 6.68. The summed E-state index contributed by atoms with van der Waals surface area (Å²) < 4.78 is 0. The second kappa shape index (κ2) is 8.80. The average molecular weight is 394 g/mol. The van der Waals surface area contributed by atoms with Crippen LogP contribution in [0.25, 0.3) is 0 Å². The Labute approximate surface area is 168 Å². The fourth-order valence-electron chi connectivity index (χ4n) is 3.14. The number of carbonyl (C=O) groups excluding carboxylic acids is 1. The molecule has 0 N–H and O–H groups in total. The minimum atomic E-state index is -0.441. The Balaban J connectivity index is 1.87. The lowest BCUT2D eigenvalue weighted by atomic mass is 10.0. The maximum absolute atomic E-state index is 13.3. The Morgan fingerprint density at radius 1 is 1.04 bits per heavy atom. The van der Waals surface area contributed by atoms with Crippen LogP contribution in [0.5, 0.6) is 0 Å². The lowest BCUT2D eigenvalue weighted by Gasteiger charge is -2.23. The molecule has 0 fully saturated rings. The Bertz CT molecular complexity index is 982. The summed E-state index contributed by atoms with van der Waals surface area (Å²) >= 11 is 1.66. The second-order valence-corrected chi connectivity index (χ2v) is 8.05. The van der Waals surface area contributed by atoms with Crippen molar-refractivity contribution in [1.29, 1.82) is 0 Å². The molecule has 6 heteroatoms. The van der Waals surface area contributed by atoms with Gasteiger partial charge in [-0.25, -0.2) is 0 Å². The molecular formula is C22H22N2O3S. The third kappa shape index (κ3) is 4.64. The van der Waals surface area contributed by atoms with Gasteiger partial charge in [0, 0.05) is 33.5 Å². The number of hydrogen-bond donors (Lipinski definition) is 0. The van der Waals surface area contributed by atoms with E-state index in [2.05, 4.69) is 0 Å². The summed E-state index contributed by atoms with van der Waals surface area (Å²) in [7, 11) is 0. The molecule has 0 unspecified atom stereocenters. The number of nitrogens with zero attached hydrogens (tertiary/aromatic N) is 2. The number of amides is 1. The Hall–Kier alpha value is -2.99. The van der Waals surface area contributed by atoms with Crippen LogP contribution in [-0.4, -0.2) is 22.3 Å². The van der Waals surface area contributed by atoms with Gasteiger partial charge in [-0.3, -0.25) is 14.9 Å². The molecule has 0 atom stereocenters. The molecule has 0 aliphatic carbocycles. The first-order chi connectivity index (χ1) is 13.5. The zero-order valence-corrected chi connectivity index (χ0v) is 16.7. The van der Waals surface area contributed by atoms with Crippen molar-refractivity contribution in [2.45, 2.75) is 26.8 Å². The molecule has 0 aliphatic heterocycles. The van der Waals surface area contributed by atoms with Crippen molar-refractivity contribution in [2.24, 2.45) is 0 Å². The molecule has 0 saturated heterocycles. The molecule has 2 aromatic carbocycles. The van der Waals surface area contributed by atoms with Crippen LogP contribution in [0.4, 0.5) is 5.69 Å². The summed E-state index contributed by atoms with van der Waals surface area (Å²) in [5.41, 5.74) is 1.92. The normalized spacial score (nSPS) is 10.6. The van der Waals surface area contributed by atoms with E-state index in [1.807, 2.05) is 49.4 Å². The fraction of sp³-hybridized carbons (Fsp3) is 0.227. The average Bonchev–Trinajstić information content (AvgIpc) is 3.10. The number of nitro benzene ring substituents is 1. The van der Waals surface area contributed by atoms with Gasteiger partial charge in [0.05, 0.1) is 11.5 Å². The van der Waals surface area contributed by atoms with Gasteiger partial charge in [-0.05, 0) is 44.0 Å². The van der Waals surface area contributed by atoms with E-state index in [1.165, 1.54) is 10.9 Å². The highest BCUT2D eigenvalue weighted by atomic mass is 32.1. The summed E-state index contributed by atoms with van der Waals surface area (Å²) in [6.45, 7) is 4.71. The van der Waals surface area contributed by atoms with Crippen molar-refractivity contribution >= 4 is 22.9 Å². The van der Waals surface area contributed by atoms with E-state index in [0.717, 1.165) is 16.9 Å². The Kier molecular flexibility index (Phi) is 6.21. The van der Waals surface area contributed by atoms with Crippen molar-refractivity contribution in [2.75, 3.05) is 6.54 Å². The number of carbonyl (C=O) groups is 1. The van der Waals surface area contributed by atoms with Crippen molar-refractivity contribution in [3.8, 4) is 0 Å². The van der Waals surface area contributed by atoms with Gasteiger partial charge in [-0.15, -0.1) is 11.3 Å².